The first kappa shape index (κ1) is 19.0. The number of carbonyl (C=O) groups excluding carboxylic acids is 1. The van der Waals surface area contributed by atoms with Crippen molar-refractivity contribution in [3.63, 3.8) is 0 Å². The van der Waals surface area contributed by atoms with Crippen LogP contribution in [0.15, 0.2) is 36.5 Å². The fourth-order valence-electron chi connectivity index (χ4n) is 3.94. The SMILES string of the molecule is CCOc1c(OC)cccc1C1CC(=O)Nc2c1cnn2-c1ccc2nnc(C)n2n1. The van der Waals surface area contributed by atoms with E-state index in [2.05, 4.69) is 25.7 Å². The summed E-state index contributed by atoms with van der Waals surface area (Å²) in [6, 6.07) is 9.32. The fraction of sp³-hybridized carbons (Fsp3) is 0.286. The number of aromatic nitrogens is 6. The summed E-state index contributed by atoms with van der Waals surface area (Å²) in [4.78, 5) is 12.7. The minimum Gasteiger partial charge on any atom is -0.493 e. The Morgan fingerprint density at radius 1 is 1.19 bits per heavy atom. The Hall–Kier alpha value is -3.95. The first-order valence-corrected chi connectivity index (χ1v) is 9.97. The van der Waals surface area contributed by atoms with E-state index in [1.807, 2.05) is 38.1 Å². The summed E-state index contributed by atoms with van der Waals surface area (Å²) < 4.78 is 14.6. The molecule has 1 aliphatic heterocycles. The van der Waals surface area contributed by atoms with E-state index in [1.54, 1.807) is 28.6 Å². The Bertz CT molecular complexity index is 1290. The summed E-state index contributed by atoms with van der Waals surface area (Å²) in [6.45, 7) is 4.23. The molecule has 4 heterocycles. The molecule has 10 nitrogen and oxygen atoms in total. The average Bonchev–Trinajstić information content (AvgIpc) is 3.37. The molecule has 0 saturated heterocycles. The molecule has 0 spiro atoms. The summed E-state index contributed by atoms with van der Waals surface area (Å²) in [5.41, 5.74) is 2.41. The smallest absolute Gasteiger partial charge is 0.226 e. The molecule has 1 unspecified atom stereocenters. The van der Waals surface area contributed by atoms with Gasteiger partial charge in [0.1, 0.15) is 5.82 Å². The monoisotopic (exact) mass is 419 g/mol. The topological polar surface area (TPSA) is 108 Å². The molecule has 0 aliphatic carbocycles. The molecular formula is C21H21N7O3. The number of nitrogens with zero attached hydrogens (tertiary/aromatic N) is 6. The standard InChI is InChI=1S/C21H21N7O3/c1-4-31-20-13(6-5-7-16(20)30-3)14-10-19(29)23-21-15(14)11-22-28(21)18-9-8-17-25-24-12(2)27(17)26-18/h5-9,11,14H,4,10H2,1-3H3,(H,23,29). The summed E-state index contributed by atoms with van der Waals surface area (Å²) in [7, 11) is 1.60. The molecule has 1 N–H and O–H groups in total. The number of para-hydroxylation sites is 1. The van der Waals surface area contributed by atoms with Crippen LogP contribution in [-0.2, 0) is 4.79 Å². The molecule has 1 aliphatic rings. The second-order valence-electron chi connectivity index (χ2n) is 7.19. The van der Waals surface area contributed by atoms with Gasteiger partial charge in [-0.25, -0.2) is 0 Å². The van der Waals surface area contributed by atoms with Gasteiger partial charge in [-0.3, -0.25) is 4.79 Å². The van der Waals surface area contributed by atoms with E-state index in [9.17, 15) is 4.79 Å². The second kappa shape index (κ2) is 7.38. The number of benzene rings is 1. The van der Waals surface area contributed by atoms with Gasteiger partial charge in [0.05, 0.1) is 19.9 Å². The van der Waals surface area contributed by atoms with Gasteiger partial charge in [0.25, 0.3) is 0 Å². The number of carbonyl (C=O) groups is 1. The Balaban J connectivity index is 1.64. The lowest BCUT2D eigenvalue weighted by molar-refractivity contribution is -0.116. The fourth-order valence-corrected chi connectivity index (χ4v) is 3.94. The van der Waals surface area contributed by atoms with E-state index < -0.39 is 0 Å². The predicted octanol–water partition coefficient (Wildman–Crippen LogP) is 2.50. The number of hydrogen-bond acceptors (Lipinski definition) is 7. The molecule has 5 rings (SSSR count). The number of methoxy groups -OCH3 is 1. The third kappa shape index (κ3) is 3.07. The van der Waals surface area contributed by atoms with Crippen LogP contribution in [0.25, 0.3) is 11.5 Å². The highest BCUT2D eigenvalue weighted by molar-refractivity contribution is 5.94. The number of rotatable bonds is 5. The van der Waals surface area contributed by atoms with E-state index in [0.717, 1.165) is 11.1 Å². The first-order valence-electron chi connectivity index (χ1n) is 9.97. The highest BCUT2D eigenvalue weighted by Gasteiger charge is 2.33. The van der Waals surface area contributed by atoms with E-state index in [-0.39, 0.29) is 18.2 Å². The molecule has 0 saturated carbocycles. The Morgan fingerprint density at radius 3 is 2.87 bits per heavy atom. The maximum Gasteiger partial charge on any atom is 0.226 e. The van der Waals surface area contributed by atoms with Crippen molar-refractivity contribution in [2.24, 2.45) is 0 Å². The van der Waals surface area contributed by atoms with E-state index in [0.29, 0.717) is 41.2 Å². The van der Waals surface area contributed by atoms with Crippen molar-refractivity contribution in [3.8, 4) is 17.3 Å². The zero-order valence-electron chi connectivity index (χ0n) is 17.4. The maximum atomic E-state index is 12.7. The summed E-state index contributed by atoms with van der Waals surface area (Å²) in [5, 5.41) is 20.2. The lowest BCUT2D eigenvalue weighted by Crippen LogP contribution is -2.25. The molecule has 3 aromatic heterocycles. The minimum atomic E-state index is -0.227. The van der Waals surface area contributed by atoms with Gasteiger partial charge in [0.2, 0.25) is 5.91 Å². The number of nitrogens with one attached hydrogen (secondary N) is 1. The number of aryl methyl sites for hydroxylation is 1. The highest BCUT2D eigenvalue weighted by Crippen LogP contribution is 2.44. The van der Waals surface area contributed by atoms with Crippen LogP contribution < -0.4 is 14.8 Å². The molecule has 158 valence electrons. The molecule has 10 heteroatoms. The van der Waals surface area contributed by atoms with Crippen LogP contribution in [-0.4, -0.2) is 49.2 Å². The molecule has 1 amide bonds. The molecule has 1 atom stereocenters. The summed E-state index contributed by atoms with van der Waals surface area (Å²) in [5.74, 6) is 2.75. The van der Waals surface area contributed by atoms with Crippen molar-refractivity contribution in [1.82, 2.24) is 29.6 Å². The van der Waals surface area contributed by atoms with Crippen molar-refractivity contribution in [1.29, 1.82) is 0 Å². The Kier molecular flexibility index (Phi) is 4.54. The number of anilines is 1. The van der Waals surface area contributed by atoms with Gasteiger partial charge in [-0.1, -0.05) is 12.1 Å². The van der Waals surface area contributed by atoms with Crippen molar-refractivity contribution in [3.05, 3.63) is 53.5 Å². The van der Waals surface area contributed by atoms with Crippen LogP contribution in [0.5, 0.6) is 11.5 Å². The van der Waals surface area contributed by atoms with Gasteiger partial charge in [-0.05, 0) is 32.0 Å². The number of amides is 1. The third-order valence-corrected chi connectivity index (χ3v) is 5.34. The van der Waals surface area contributed by atoms with E-state index in [1.165, 1.54) is 0 Å². The van der Waals surface area contributed by atoms with E-state index >= 15 is 0 Å². The minimum absolute atomic E-state index is 0.105. The molecule has 0 fully saturated rings. The molecule has 31 heavy (non-hydrogen) atoms. The largest absolute Gasteiger partial charge is 0.493 e. The third-order valence-electron chi connectivity index (χ3n) is 5.34. The van der Waals surface area contributed by atoms with Crippen molar-refractivity contribution < 1.29 is 14.3 Å². The van der Waals surface area contributed by atoms with Gasteiger partial charge in [-0.15, -0.1) is 15.3 Å². The number of fused-ring (bicyclic) bond motifs is 2. The van der Waals surface area contributed by atoms with Crippen LogP contribution >= 0.6 is 0 Å². The van der Waals surface area contributed by atoms with Crippen molar-refractivity contribution in [2.45, 2.75) is 26.2 Å². The van der Waals surface area contributed by atoms with Crippen molar-refractivity contribution >= 4 is 17.4 Å². The molecular weight excluding hydrogens is 398 g/mol. The molecule has 0 bridgehead atoms. The Morgan fingerprint density at radius 2 is 2.06 bits per heavy atom. The lowest BCUT2D eigenvalue weighted by Gasteiger charge is -2.26. The van der Waals surface area contributed by atoms with Crippen molar-refractivity contribution in [2.75, 3.05) is 19.0 Å². The van der Waals surface area contributed by atoms with Gasteiger partial charge >= 0.3 is 0 Å². The number of hydrogen-bond donors (Lipinski definition) is 1. The van der Waals surface area contributed by atoms with Crippen LogP contribution in [0.1, 0.15) is 36.2 Å². The summed E-state index contributed by atoms with van der Waals surface area (Å²) >= 11 is 0. The lowest BCUT2D eigenvalue weighted by atomic mass is 9.86. The van der Waals surface area contributed by atoms with Gasteiger partial charge in [0, 0.05) is 23.5 Å². The maximum absolute atomic E-state index is 12.7. The first-order chi connectivity index (χ1) is 15.1. The van der Waals surface area contributed by atoms with Gasteiger partial charge in [-0.2, -0.15) is 14.3 Å². The second-order valence-corrected chi connectivity index (χ2v) is 7.19. The zero-order valence-corrected chi connectivity index (χ0v) is 17.4. The quantitative estimate of drug-likeness (QED) is 0.529. The van der Waals surface area contributed by atoms with Crippen LogP contribution in [0.4, 0.5) is 5.82 Å². The van der Waals surface area contributed by atoms with Gasteiger partial charge in [0.15, 0.2) is 28.8 Å². The highest BCUT2D eigenvalue weighted by atomic mass is 16.5. The van der Waals surface area contributed by atoms with E-state index in [4.69, 9.17) is 9.47 Å². The summed E-state index contributed by atoms with van der Waals surface area (Å²) in [6.07, 6.45) is 2.04. The molecule has 4 aromatic rings. The van der Waals surface area contributed by atoms with Crippen LogP contribution in [0, 0.1) is 6.92 Å². The van der Waals surface area contributed by atoms with Crippen LogP contribution in [0.2, 0.25) is 0 Å². The number of ether oxygens (including phenoxy) is 2. The average molecular weight is 419 g/mol. The molecule has 1 aromatic carbocycles. The zero-order chi connectivity index (χ0) is 21.5. The predicted molar refractivity (Wildman–Crippen MR) is 112 cm³/mol. The molecule has 0 radical (unpaired) electrons. The Labute approximate surface area is 177 Å². The van der Waals surface area contributed by atoms with Crippen LogP contribution in [0.3, 0.4) is 0 Å². The normalized spacial score (nSPS) is 15.6. The van der Waals surface area contributed by atoms with Gasteiger partial charge < -0.3 is 14.8 Å².